The van der Waals surface area contributed by atoms with Crippen LogP contribution in [-0.4, -0.2) is 19.3 Å². The summed E-state index contributed by atoms with van der Waals surface area (Å²) in [7, 11) is 2.00. The van der Waals surface area contributed by atoms with Crippen molar-refractivity contribution in [3.8, 4) is 0 Å². The molecule has 2 N–H and O–H groups in total. The largest absolute Gasteiger partial charge is 0.369 e. The molecule has 1 aliphatic rings. The number of nitrogens with two attached hydrogens (primary N) is 1. The van der Waals surface area contributed by atoms with Crippen molar-refractivity contribution in [3.05, 3.63) is 5.69 Å². The van der Waals surface area contributed by atoms with Crippen molar-refractivity contribution >= 4 is 17.1 Å². The fourth-order valence-electron chi connectivity index (χ4n) is 3.64. The summed E-state index contributed by atoms with van der Waals surface area (Å²) >= 11 is 0. The molecular weight excluding hydrogens is 250 g/mol. The minimum atomic E-state index is 0.461. The van der Waals surface area contributed by atoms with Gasteiger partial charge in [-0.2, -0.15) is 5.10 Å². The Morgan fingerprint density at radius 1 is 1.25 bits per heavy atom. The Kier molecular flexibility index (Phi) is 3.44. The van der Waals surface area contributed by atoms with Gasteiger partial charge in [0.1, 0.15) is 5.52 Å². The van der Waals surface area contributed by atoms with E-state index in [1.807, 2.05) is 11.7 Å². The molecule has 1 saturated carbocycles. The molecule has 20 heavy (non-hydrogen) atoms. The second-order valence-electron chi connectivity index (χ2n) is 6.12. The number of rotatable bonds is 2. The molecule has 2 unspecified atom stereocenters. The first-order valence-electron chi connectivity index (χ1n) is 7.82. The molecule has 2 heterocycles. The van der Waals surface area contributed by atoms with Crippen LogP contribution in [0.2, 0.25) is 0 Å². The lowest BCUT2D eigenvalue weighted by Crippen LogP contribution is -2.19. The van der Waals surface area contributed by atoms with Gasteiger partial charge in [-0.25, -0.2) is 4.98 Å². The monoisotopic (exact) mass is 275 g/mol. The van der Waals surface area contributed by atoms with E-state index in [1.54, 1.807) is 0 Å². The first kappa shape index (κ1) is 13.5. The van der Waals surface area contributed by atoms with E-state index >= 15 is 0 Å². The third kappa shape index (κ3) is 2.00. The predicted molar refractivity (Wildman–Crippen MR) is 81.6 cm³/mol. The van der Waals surface area contributed by atoms with E-state index in [0.29, 0.717) is 17.9 Å². The number of hydrogen-bond acceptors (Lipinski definition) is 3. The van der Waals surface area contributed by atoms with Gasteiger partial charge in [0.2, 0.25) is 5.95 Å². The van der Waals surface area contributed by atoms with Crippen LogP contribution in [0.1, 0.15) is 57.7 Å². The molecule has 0 aromatic carbocycles. The molecule has 2 aromatic rings. The zero-order valence-electron chi connectivity index (χ0n) is 12.8. The van der Waals surface area contributed by atoms with Gasteiger partial charge < -0.3 is 5.73 Å². The van der Waals surface area contributed by atoms with Crippen LogP contribution < -0.4 is 5.73 Å². The summed E-state index contributed by atoms with van der Waals surface area (Å²) in [5.74, 6) is 1.30. The minimum Gasteiger partial charge on any atom is -0.369 e. The predicted octanol–water partition coefficient (Wildman–Crippen LogP) is 3.06. The quantitative estimate of drug-likeness (QED) is 0.857. The highest BCUT2D eigenvalue weighted by Crippen LogP contribution is 2.36. The average Bonchev–Trinajstić information content (AvgIpc) is 2.81. The molecule has 5 heteroatoms. The van der Waals surface area contributed by atoms with Crippen LogP contribution >= 0.6 is 0 Å². The Balaban J connectivity index is 2.14. The van der Waals surface area contributed by atoms with Crippen LogP contribution in [0, 0.1) is 5.92 Å². The van der Waals surface area contributed by atoms with Crippen LogP contribution in [0.5, 0.6) is 0 Å². The zero-order chi connectivity index (χ0) is 14.3. The number of nitrogens with zero attached hydrogens (tertiary/aromatic N) is 4. The minimum absolute atomic E-state index is 0.461. The second kappa shape index (κ2) is 5.11. The Bertz CT molecular complexity index is 609. The Labute approximate surface area is 120 Å². The maximum Gasteiger partial charge on any atom is 0.202 e. The van der Waals surface area contributed by atoms with Crippen molar-refractivity contribution in [1.82, 2.24) is 19.3 Å². The van der Waals surface area contributed by atoms with Crippen molar-refractivity contribution in [2.75, 3.05) is 5.73 Å². The molecule has 0 amide bonds. The molecule has 110 valence electrons. The van der Waals surface area contributed by atoms with Crippen LogP contribution in [0.25, 0.3) is 11.2 Å². The van der Waals surface area contributed by atoms with E-state index in [9.17, 15) is 0 Å². The summed E-state index contributed by atoms with van der Waals surface area (Å²) in [4.78, 5) is 4.60. The van der Waals surface area contributed by atoms with Gasteiger partial charge in [0.05, 0.1) is 5.69 Å². The summed E-state index contributed by atoms with van der Waals surface area (Å²) in [6.07, 6.45) is 7.33. The molecular formula is C15H25N5. The maximum atomic E-state index is 6.25. The molecule has 1 aliphatic carbocycles. The summed E-state index contributed by atoms with van der Waals surface area (Å²) in [6.45, 7) is 4.46. The first-order valence-corrected chi connectivity index (χ1v) is 7.82. The van der Waals surface area contributed by atoms with Gasteiger partial charge in [-0.1, -0.05) is 33.1 Å². The van der Waals surface area contributed by atoms with Crippen molar-refractivity contribution in [2.45, 2.75) is 58.4 Å². The van der Waals surface area contributed by atoms with Gasteiger partial charge in [-0.3, -0.25) is 9.25 Å². The van der Waals surface area contributed by atoms with E-state index in [1.165, 1.54) is 32.1 Å². The van der Waals surface area contributed by atoms with Crippen LogP contribution in [-0.2, 0) is 13.5 Å². The molecule has 0 radical (unpaired) electrons. The third-order valence-electron chi connectivity index (χ3n) is 4.75. The molecule has 2 aromatic heterocycles. The van der Waals surface area contributed by atoms with E-state index in [2.05, 4.69) is 28.5 Å². The number of imidazole rings is 1. The molecule has 0 bridgehead atoms. The van der Waals surface area contributed by atoms with Crippen molar-refractivity contribution in [1.29, 1.82) is 0 Å². The Hall–Kier alpha value is -1.52. The molecule has 0 saturated heterocycles. The van der Waals surface area contributed by atoms with E-state index in [-0.39, 0.29) is 0 Å². The number of fused-ring (bicyclic) bond motifs is 1. The summed E-state index contributed by atoms with van der Waals surface area (Å²) < 4.78 is 4.20. The second-order valence-corrected chi connectivity index (χ2v) is 6.12. The van der Waals surface area contributed by atoms with Gasteiger partial charge in [-0.05, 0) is 25.2 Å². The first-order chi connectivity index (χ1) is 9.63. The van der Waals surface area contributed by atoms with E-state index < -0.39 is 0 Å². The molecule has 3 rings (SSSR count). The Morgan fingerprint density at radius 3 is 2.75 bits per heavy atom. The lowest BCUT2D eigenvalue weighted by molar-refractivity contribution is 0.341. The summed E-state index contributed by atoms with van der Waals surface area (Å²) in [5.41, 5.74) is 9.38. The maximum absolute atomic E-state index is 6.25. The van der Waals surface area contributed by atoms with Gasteiger partial charge >= 0.3 is 0 Å². The lowest BCUT2D eigenvalue weighted by atomic mass is 9.97. The Morgan fingerprint density at radius 2 is 2.00 bits per heavy atom. The summed E-state index contributed by atoms with van der Waals surface area (Å²) in [6, 6.07) is 0.461. The normalized spacial score (nSPS) is 24.1. The van der Waals surface area contributed by atoms with Crippen LogP contribution in [0.15, 0.2) is 0 Å². The average molecular weight is 275 g/mol. The highest BCUT2D eigenvalue weighted by Gasteiger charge is 2.27. The van der Waals surface area contributed by atoms with Crippen LogP contribution in [0.4, 0.5) is 5.95 Å². The third-order valence-corrected chi connectivity index (χ3v) is 4.75. The molecule has 1 fully saturated rings. The molecule has 5 nitrogen and oxygen atoms in total. The zero-order valence-corrected chi connectivity index (χ0v) is 12.8. The van der Waals surface area contributed by atoms with Gasteiger partial charge in [0.25, 0.3) is 0 Å². The number of anilines is 1. The van der Waals surface area contributed by atoms with Crippen molar-refractivity contribution < 1.29 is 0 Å². The molecule has 0 spiro atoms. The SMILES string of the molecule is CCc1nn(C)c2c1nc(N)n2C1CCCCCC1C. The molecule has 2 atom stereocenters. The smallest absolute Gasteiger partial charge is 0.202 e. The standard InChI is InChI=1S/C15H25N5/c1-4-11-13-14(19(3)18-11)20(15(16)17-13)12-9-7-5-6-8-10(12)2/h10,12H,4-9H2,1-3H3,(H2,16,17). The fourth-order valence-corrected chi connectivity index (χ4v) is 3.64. The van der Waals surface area contributed by atoms with Gasteiger partial charge in [-0.15, -0.1) is 0 Å². The van der Waals surface area contributed by atoms with Crippen LogP contribution in [0.3, 0.4) is 0 Å². The van der Waals surface area contributed by atoms with E-state index in [0.717, 1.165) is 23.3 Å². The van der Waals surface area contributed by atoms with Gasteiger partial charge in [0.15, 0.2) is 5.65 Å². The summed E-state index contributed by atoms with van der Waals surface area (Å²) in [5, 5.41) is 4.59. The number of aromatic nitrogens is 4. The number of aryl methyl sites for hydroxylation is 2. The molecule has 0 aliphatic heterocycles. The van der Waals surface area contributed by atoms with Gasteiger partial charge in [0, 0.05) is 13.1 Å². The van der Waals surface area contributed by atoms with E-state index in [4.69, 9.17) is 5.73 Å². The topological polar surface area (TPSA) is 61.7 Å². The highest BCUT2D eigenvalue weighted by atomic mass is 15.4. The fraction of sp³-hybridized carbons (Fsp3) is 0.733. The number of hydrogen-bond donors (Lipinski definition) is 1. The van der Waals surface area contributed by atoms with Crippen molar-refractivity contribution in [2.24, 2.45) is 13.0 Å². The van der Waals surface area contributed by atoms with Crippen molar-refractivity contribution in [3.63, 3.8) is 0 Å². The number of nitrogen functional groups attached to an aromatic ring is 1. The lowest BCUT2D eigenvalue weighted by Gasteiger charge is -2.24. The highest BCUT2D eigenvalue weighted by molar-refractivity contribution is 5.78.